The number of nitrogens with two attached hydrogens (primary N) is 1. The van der Waals surface area contributed by atoms with E-state index in [1.54, 1.807) is 0 Å². The first kappa shape index (κ1) is 11.8. The molecule has 0 aliphatic rings. The Kier molecular flexibility index (Phi) is 3.91. The quantitative estimate of drug-likeness (QED) is 0.489. The molecule has 0 fully saturated rings. The number of unbranched alkanes of at least 4 members (excludes halogenated alkanes) is 1. The zero-order valence-electron chi connectivity index (χ0n) is 8.50. The van der Waals surface area contributed by atoms with E-state index in [2.05, 4.69) is 6.92 Å². The summed E-state index contributed by atoms with van der Waals surface area (Å²) in [5, 5.41) is 10.9. The third-order valence-electron chi connectivity index (χ3n) is 2.21. The van der Waals surface area contributed by atoms with Crippen LogP contribution in [0.25, 0.3) is 0 Å². The third kappa shape index (κ3) is 2.83. The summed E-state index contributed by atoms with van der Waals surface area (Å²) >= 11 is 5.81. The van der Waals surface area contributed by atoms with Crippen LogP contribution >= 0.6 is 11.6 Å². The second-order valence-electron chi connectivity index (χ2n) is 3.36. The van der Waals surface area contributed by atoms with Gasteiger partial charge in [-0.25, -0.2) is 0 Å². The lowest BCUT2D eigenvalue weighted by Crippen LogP contribution is -1.98. The Morgan fingerprint density at radius 3 is 2.73 bits per heavy atom. The summed E-state index contributed by atoms with van der Waals surface area (Å²) in [5.74, 6) is 0. The SMILES string of the molecule is CCCCc1cc([N+](=O)[O-])cc(Cl)c1N. The molecule has 15 heavy (non-hydrogen) atoms. The smallest absolute Gasteiger partial charge is 0.271 e. The van der Waals surface area contributed by atoms with Gasteiger partial charge in [-0.05, 0) is 18.4 Å². The van der Waals surface area contributed by atoms with E-state index in [4.69, 9.17) is 17.3 Å². The fraction of sp³-hybridized carbons (Fsp3) is 0.400. The molecule has 82 valence electrons. The van der Waals surface area contributed by atoms with E-state index in [1.807, 2.05) is 0 Å². The van der Waals surface area contributed by atoms with Gasteiger partial charge in [0.05, 0.1) is 15.6 Å². The average Bonchev–Trinajstić information content (AvgIpc) is 2.19. The summed E-state index contributed by atoms with van der Waals surface area (Å²) < 4.78 is 0. The Morgan fingerprint density at radius 1 is 1.53 bits per heavy atom. The van der Waals surface area contributed by atoms with Crippen molar-refractivity contribution in [3.05, 3.63) is 32.8 Å². The first-order valence-electron chi connectivity index (χ1n) is 4.78. The molecule has 1 aromatic rings. The van der Waals surface area contributed by atoms with Crippen molar-refractivity contribution in [1.29, 1.82) is 0 Å². The molecule has 0 aliphatic heterocycles. The second-order valence-corrected chi connectivity index (χ2v) is 3.77. The molecular weight excluding hydrogens is 216 g/mol. The molecule has 5 heteroatoms. The standard InChI is InChI=1S/C10H13ClN2O2/c1-2-3-4-7-5-8(13(14)15)6-9(11)10(7)12/h5-6H,2-4,12H2,1H3. The molecule has 0 bridgehead atoms. The van der Waals surface area contributed by atoms with E-state index in [0.717, 1.165) is 24.8 Å². The summed E-state index contributed by atoms with van der Waals surface area (Å²) in [7, 11) is 0. The van der Waals surface area contributed by atoms with Crippen LogP contribution in [0.5, 0.6) is 0 Å². The van der Waals surface area contributed by atoms with Gasteiger partial charge in [0.2, 0.25) is 0 Å². The van der Waals surface area contributed by atoms with Gasteiger partial charge in [-0.15, -0.1) is 0 Å². The molecule has 0 atom stereocenters. The van der Waals surface area contributed by atoms with Crippen molar-refractivity contribution in [2.45, 2.75) is 26.2 Å². The van der Waals surface area contributed by atoms with Crippen LogP contribution in [0.3, 0.4) is 0 Å². The van der Waals surface area contributed by atoms with Crippen molar-refractivity contribution in [3.63, 3.8) is 0 Å². The van der Waals surface area contributed by atoms with Crippen molar-refractivity contribution in [2.24, 2.45) is 0 Å². The Labute approximate surface area is 93.2 Å². The van der Waals surface area contributed by atoms with Crippen LogP contribution in [-0.2, 0) is 6.42 Å². The van der Waals surface area contributed by atoms with E-state index >= 15 is 0 Å². The van der Waals surface area contributed by atoms with Crippen LogP contribution in [0, 0.1) is 10.1 Å². The number of non-ortho nitro benzene ring substituents is 1. The van der Waals surface area contributed by atoms with Crippen LogP contribution in [0.15, 0.2) is 12.1 Å². The topological polar surface area (TPSA) is 69.2 Å². The number of hydrogen-bond donors (Lipinski definition) is 1. The summed E-state index contributed by atoms with van der Waals surface area (Å²) in [6.45, 7) is 2.05. The number of anilines is 1. The molecule has 0 amide bonds. The Hall–Kier alpha value is -1.29. The largest absolute Gasteiger partial charge is 0.397 e. The van der Waals surface area contributed by atoms with Crippen molar-refractivity contribution in [2.75, 3.05) is 5.73 Å². The summed E-state index contributed by atoms with van der Waals surface area (Å²) in [4.78, 5) is 10.1. The van der Waals surface area contributed by atoms with Crippen LogP contribution in [0.4, 0.5) is 11.4 Å². The molecule has 0 unspecified atom stereocenters. The van der Waals surface area contributed by atoms with Gasteiger partial charge < -0.3 is 5.73 Å². The number of halogens is 1. The molecule has 0 spiro atoms. The summed E-state index contributed by atoms with van der Waals surface area (Å²) in [6, 6.07) is 2.78. The minimum absolute atomic E-state index is 0.000281. The molecule has 4 nitrogen and oxygen atoms in total. The predicted octanol–water partition coefficient (Wildman–Crippen LogP) is 3.17. The number of nitro groups is 1. The zero-order chi connectivity index (χ0) is 11.4. The number of nitrogens with zero attached hydrogens (tertiary/aromatic N) is 1. The Bertz CT molecular complexity index is 380. The minimum atomic E-state index is -0.458. The monoisotopic (exact) mass is 228 g/mol. The van der Waals surface area contributed by atoms with Crippen LogP contribution in [0.1, 0.15) is 25.3 Å². The fourth-order valence-corrected chi connectivity index (χ4v) is 1.57. The molecule has 0 saturated heterocycles. The molecule has 2 N–H and O–H groups in total. The number of hydrogen-bond acceptors (Lipinski definition) is 3. The summed E-state index contributed by atoms with van der Waals surface area (Å²) in [5.41, 5.74) is 6.95. The van der Waals surface area contributed by atoms with E-state index in [9.17, 15) is 10.1 Å². The fourth-order valence-electron chi connectivity index (χ4n) is 1.34. The van der Waals surface area contributed by atoms with E-state index in [0.29, 0.717) is 5.69 Å². The average molecular weight is 229 g/mol. The number of nitro benzene ring substituents is 1. The highest BCUT2D eigenvalue weighted by molar-refractivity contribution is 6.33. The van der Waals surface area contributed by atoms with Crippen LogP contribution in [-0.4, -0.2) is 4.92 Å². The van der Waals surface area contributed by atoms with Gasteiger partial charge in [-0.2, -0.15) is 0 Å². The first-order valence-corrected chi connectivity index (χ1v) is 5.16. The maximum atomic E-state index is 10.6. The molecular formula is C10H13ClN2O2. The van der Waals surface area contributed by atoms with Crippen LogP contribution < -0.4 is 5.73 Å². The normalized spacial score (nSPS) is 10.3. The maximum Gasteiger partial charge on any atom is 0.271 e. The molecule has 1 aromatic carbocycles. The number of aryl methyl sites for hydroxylation is 1. The molecule has 0 heterocycles. The molecule has 0 saturated carbocycles. The minimum Gasteiger partial charge on any atom is -0.397 e. The maximum absolute atomic E-state index is 10.6. The zero-order valence-corrected chi connectivity index (χ0v) is 9.25. The highest BCUT2D eigenvalue weighted by atomic mass is 35.5. The Morgan fingerprint density at radius 2 is 2.20 bits per heavy atom. The molecule has 1 rings (SSSR count). The van der Waals surface area contributed by atoms with Crippen molar-refractivity contribution in [3.8, 4) is 0 Å². The lowest BCUT2D eigenvalue weighted by atomic mass is 10.1. The number of nitrogen functional groups attached to an aromatic ring is 1. The number of rotatable bonds is 4. The highest BCUT2D eigenvalue weighted by Gasteiger charge is 2.12. The van der Waals surface area contributed by atoms with Crippen LogP contribution in [0.2, 0.25) is 5.02 Å². The Balaban J connectivity index is 3.07. The van der Waals surface area contributed by atoms with Gasteiger partial charge in [-0.1, -0.05) is 24.9 Å². The first-order chi connectivity index (χ1) is 7.06. The van der Waals surface area contributed by atoms with Crippen molar-refractivity contribution in [1.82, 2.24) is 0 Å². The van der Waals surface area contributed by atoms with Gasteiger partial charge in [0.1, 0.15) is 0 Å². The molecule has 0 aromatic heterocycles. The molecule has 0 radical (unpaired) electrons. The second kappa shape index (κ2) is 4.98. The van der Waals surface area contributed by atoms with Gasteiger partial charge >= 0.3 is 0 Å². The highest BCUT2D eigenvalue weighted by Crippen LogP contribution is 2.29. The van der Waals surface area contributed by atoms with Gasteiger partial charge in [0, 0.05) is 12.1 Å². The van der Waals surface area contributed by atoms with E-state index in [1.165, 1.54) is 12.1 Å². The van der Waals surface area contributed by atoms with E-state index in [-0.39, 0.29) is 10.7 Å². The van der Waals surface area contributed by atoms with Crippen molar-refractivity contribution >= 4 is 23.0 Å². The van der Waals surface area contributed by atoms with Crippen molar-refractivity contribution < 1.29 is 4.92 Å². The van der Waals surface area contributed by atoms with Gasteiger partial charge in [-0.3, -0.25) is 10.1 Å². The lowest BCUT2D eigenvalue weighted by Gasteiger charge is -2.06. The van der Waals surface area contributed by atoms with Gasteiger partial charge in [0.25, 0.3) is 5.69 Å². The lowest BCUT2D eigenvalue weighted by molar-refractivity contribution is -0.384. The summed E-state index contributed by atoms with van der Waals surface area (Å²) in [6.07, 6.45) is 2.69. The van der Waals surface area contributed by atoms with Gasteiger partial charge in [0.15, 0.2) is 0 Å². The predicted molar refractivity (Wildman–Crippen MR) is 61.1 cm³/mol. The van der Waals surface area contributed by atoms with E-state index < -0.39 is 4.92 Å². The third-order valence-corrected chi connectivity index (χ3v) is 2.52. The molecule has 0 aliphatic carbocycles. The number of benzene rings is 1.